The van der Waals surface area contributed by atoms with Gasteiger partial charge in [-0.3, -0.25) is 19.3 Å². The van der Waals surface area contributed by atoms with Gasteiger partial charge in [0.15, 0.2) is 0 Å². The highest BCUT2D eigenvalue weighted by atomic mass is 35.5. The first kappa shape index (κ1) is 20.5. The molecule has 6 rings (SSSR count). The molecule has 1 spiro atoms. The van der Waals surface area contributed by atoms with Gasteiger partial charge in [0.25, 0.3) is 5.91 Å². The first-order chi connectivity index (χ1) is 15.3. The van der Waals surface area contributed by atoms with Crippen molar-refractivity contribution in [2.45, 2.75) is 31.3 Å². The van der Waals surface area contributed by atoms with E-state index in [2.05, 4.69) is 10.2 Å². The zero-order valence-electron chi connectivity index (χ0n) is 17.0. The third-order valence-corrected chi connectivity index (χ3v) is 8.18. The summed E-state index contributed by atoms with van der Waals surface area (Å²) in [6.45, 7) is 2.54. The van der Waals surface area contributed by atoms with Crippen LogP contribution in [0.25, 0.3) is 0 Å². The van der Waals surface area contributed by atoms with Crippen LogP contribution in [-0.2, 0) is 19.9 Å². The van der Waals surface area contributed by atoms with E-state index in [1.54, 1.807) is 18.2 Å². The van der Waals surface area contributed by atoms with Crippen molar-refractivity contribution in [3.05, 3.63) is 56.5 Å². The second-order valence-electron chi connectivity index (χ2n) is 8.90. The Labute approximate surface area is 199 Å². The van der Waals surface area contributed by atoms with E-state index in [0.29, 0.717) is 33.5 Å². The third kappa shape index (κ3) is 2.34. The normalized spacial score (nSPS) is 30.8. The van der Waals surface area contributed by atoms with Crippen molar-refractivity contribution in [3.63, 3.8) is 0 Å². The molecule has 32 heavy (non-hydrogen) atoms. The molecule has 3 fully saturated rings. The lowest BCUT2D eigenvalue weighted by Crippen LogP contribution is -2.54. The summed E-state index contributed by atoms with van der Waals surface area (Å²) < 4.78 is 0. The molecule has 4 atom stereocenters. The Morgan fingerprint density at radius 2 is 1.81 bits per heavy atom. The molecule has 4 aliphatic heterocycles. The molecule has 4 heterocycles. The number of hydrogen-bond donors (Lipinski definition) is 1. The van der Waals surface area contributed by atoms with E-state index in [4.69, 9.17) is 34.8 Å². The molecule has 3 saturated heterocycles. The second-order valence-corrected chi connectivity index (χ2v) is 10.2. The number of carbonyl (C=O) groups excluding carboxylic acids is 3. The zero-order chi connectivity index (χ0) is 22.5. The van der Waals surface area contributed by atoms with E-state index < -0.39 is 23.3 Å². The SMILES string of the molecule is Cc1cc(Cl)c2c(c1)[C@]1(C(=O)N2)[C@@H]2C(=O)N(c3ccc(Cl)cc3Cl)C(=O)[C@H]2[C@@H]2CCCN21. The Morgan fingerprint density at radius 3 is 2.56 bits per heavy atom. The summed E-state index contributed by atoms with van der Waals surface area (Å²) in [5.74, 6) is -2.53. The summed E-state index contributed by atoms with van der Waals surface area (Å²) in [7, 11) is 0. The Kier molecular flexibility index (Phi) is 4.29. The number of nitrogens with one attached hydrogen (secondary N) is 1. The minimum atomic E-state index is -1.27. The smallest absolute Gasteiger partial charge is 0.250 e. The number of amides is 3. The minimum Gasteiger partial charge on any atom is -0.323 e. The van der Waals surface area contributed by atoms with E-state index in [0.717, 1.165) is 23.3 Å². The van der Waals surface area contributed by atoms with Gasteiger partial charge in [-0.25, -0.2) is 4.90 Å². The van der Waals surface area contributed by atoms with Crippen LogP contribution in [0.3, 0.4) is 0 Å². The molecule has 9 heteroatoms. The van der Waals surface area contributed by atoms with Crippen molar-refractivity contribution in [2.24, 2.45) is 11.8 Å². The number of fused-ring (bicyclic) bond motifs is 7. The van der Waals surface area contributed by atoms with Crippen molar-refractivity contribution in [1.82, 2.24) is 4.90 Å². The summed E-state index contributed by atoms with van der Waals surface area (Å²) in [6, 6.07) is 8.16. The predicted octanol–water partition coefficient (Wildman–Crippen LogP) is 4.39. The summed E-state index contributed by atoms with van der Waals surface area (Å²) in [5.41, 5.74) is 1.12. The minimum absolute atomic E-state index is 0.205. The number of anilines is 2. The van der Waals surface area contributed by atoms with Gasteiger partial charge in [-0.15, -0.1) is 0 Å². The van der Waals surface area contributed by atoms with Crippen LogP contribution in [0.1, 0.15) is 24.0 Å². The molecule has 6 nitrogen and oxygen atoms in total. The largest absolute Gasteiger partial charge is 0.323 e. The lowest BCUT2D eigenvalue weighted by Gasteiger charge is -2.36. The lowest BCUT2D eigenvalue weighted by atomic mass is 9.75. The van der Waals surface area contributed by atoms with Crippen LogP contribution in [0.15, 0.2) is 30.3 Å². The van der Waals surface area contributed by atoms with E-state index in [1.807, 2.05) is 13.0 Å². The number of benzene rings is 2. The zero-order valence-corrected chi connectivity index (χ0v) is 19.3. The molecule has 0 aliphatic carbocycles. The topological polar surface area (TPSA) is 69.7 Å². The van der Waals surface area contributed by atoms with E-state index >= 15 is 0 Å². The number of halogens is 3. The fourth-order valence-corrected chi connectivity index (χ4v) is 7.11. The molecule has 0 saturated carbocycles. The fourth-order valence-electron chi connectivity index (χ4n) is 6.30. The summed E-state index contributed by atoms with van der Waals surface area (Å²) in [5, 5.41) is 3.97. The number of imide groups is 1. The van der Waals surface area contributed by atoms with Crippen molar-refractivity contribution in [2.75, 3.05) is 16.8 Å². The van der Waals surface area contributed by atoms with Crippen LogP contribution in [0.4, 0.5) is 11.4 Å². The van der Waals surface area contributed by atoms with Crippen LogP contribution in [-0.4, -0.2) is 35.2 Å². The molecule has 4 aliphatic rings. The van der Waals surface area contributed by atoms with Gasteiger partial charge < -0.3 is 5.32 Å². The Balaban J connectivity index is 1.58. The number of aryl methyl sites for hydroxylation is 1. The standard InChI is InChI=1S/C23H18Cl3N3O3/c1-10-7-12-19(14(26)8-10)27-22(32)23(12)18-17(16-3-2-6-28(16)23)20(30)29(21(18)31)15-5-4-11(24)9-13(15)25/h4-5,7-9,16-18H,2-3,6H2,1H3,(H,27,32)/t16-,17-,18-,23+/m0/s1. The van der Waals surface area contributed by atoms with Gasteiger partial charge in [-0.2, -0.15) is 0 Å². The molecular formula is C23H18Cl3N3O3. The summed E-state index contributed by atoms with van der Waals surface area (Å²) in [6.07, 6.45) is 1.59. The quantitative estimate of drug-likeness (QED) is 0.602. The van der Waals surface area contributed by atoms with Gasteiger partial charge in [0, 0.05) is 16.6 Å². The van der Waals surface area contributed by atoms with Crippen LogP contribution in [0, 0.1) is 18.8 Å². The van der Waals surface area contributed by atoms with Crippen LogP contribution in [0.2, 0.25) is 15.1 Å². The third-order valence-electron chi connectivity index (χ3n) is 7.35. The van der Waals surface area contributed by atoms with E-state index in [-0.39, 0.29) is 22.9 Å². The Hall–Kier alpha value is -2.12. The van der Waals surface area contributed by atoms with Gasteiger partial charge in [0.2, 0.25) is 11.8 Å². The monoisotopic (exact) mass is 489 g/mol. The maximum atomic E-state index is 13.9. The van der Waals surface area contributed by atoms with Gasteiger partial charge in [0.1, 0.15) is 5.54 Å². The number of hydrogen-bond acceptors (Lipinski definition) is 4. The van der Waals surface area contributed by atoms with Crippen molar-refractivity contribution in [3.8, 4) is 0 Å². The van der Waals surface area contributed by atoms with Gasteiger partial charge >= 0.3 is 0 Å². The maximum absolute atomic E-state index is 13.9. The molecular weight excluding hydrogens is 473 g/mol. The molecule has 3 amide bonds. The molecule has 164 valence electrons. The number of rotatable bonds is 1. The Bertz CT molecular complexity index is 1250. The average molecular weight is 491 g/mol. The highest BCUT2D eigenvalue weighted by Gasteiger charge is 2.74. The Morgan fingerprint density at radius 1 is 1.03 bits per heavy atom. The first-order valence-electron chi connectivity index (χ1n) is 10.5. The van der Waals surface area contributed by atoms with Crippen LogP contribution in [0.5, 0.6) is 0 Å². The van der Waals surface area contributed by atoms with Gasteiger partial charge in [0.05, 0.1) is 33.3 Å². The molecule has 0 unspecified atom stereocenters. The number of carbonyl (C=O) groups is 3. The average Bonchev–Trinajstić information content (AvgIpc) is 3.42. The number of nitrogens with zero attached hydrogens (tertiary/aromatic N) is 2. The molecule has 1 N–H and O–H groups in total. The molecule has 0 bridgehead atoms. The highest BCUT2D eigenvalue weighted by Crippen LogP contribution is 2.61. The summed E-state index contributed by atoms with van der Waals surface area (Å²) in [4.78, 5) is 44.5. The predicted molar refractivity (Wildman–Crippen MR) is 122 cm³/mol. The maximum Gasteiger partial charge on any atom is 0.250 e. The van der Waals surface area contributed by atoms with Crippen LogP contribution >= 0.6 is 34.8 Å². The lowest BCUT2D eigenvalue weighted by molar-refractivity contribution is -0.135. The molecule has 2 aromatic carbocycles. The van der Waals surface area contributed by atoms with Gasteiger partial charge in [-0.1, -0.05) is 40.9 Å². The fraction of sp³-hybridized carbons (Fsp3) is 0.348. The second kappa shape index (κ2) is 6.70. The first-order valence-corrected chi connectivity index (χ1v) is 11.6. The van der Waals surface area contributed by atoms with Gasteiger partial charge in [-0.05, 0) is 56.1 Å². The molecule has 0 radical (unpaired) electrons. The van der Waals surface area contributed by atoms with E-state index in [9.17, 15) is 14.4 Å². The van der Waals surface area contributed by atoms with E-state index in [1.165, 1.54) is 6.07 Å². The highest BCUT2D eigenvalue weighted by molar-refractivity contribution is 6.39. The molecule has 0 aromatic heterocycles. The van der Waals surface area contributed by atoms with Crippen molar-refractivity contribution in [1.29, 1.82) is 0 Å². The molecule has 2 aromatic rings. The van der Waals surface area contributed by atoms with Crippen molar-refractivity contribution < 1.29 is 14.4 Å². The van der Waals surface area contributed by atoms with Crippen molar-refractivity contribution >= 4 is 63.9 Å². The van der Waals surface area contributed by atoms with Crippen LogP contribution < -0.4 is 10.2 Å². The summed E-state index contributed by atoms with van der Waals surface area (Å²) >= 11 is 18.9.